The molecule has 108 valence electrons. The lowest BCUT2D eigenvalue weighted by Crippen LogP contribution is -2.57. The van der Waals surface area contributed by atoms with Crippen LogP contribution in [0.2, 0.25) is 0 Å². The molecule has 0 radical (unpaired) electrons. The molecule has 2 saturated heterocycles. The number of hydrogen-bond donors (Lipinski definition) is 1. The number of fused-ring (bicyclic) bond motifs is 2. The highest BCUT2D eigenvalue weighted by molar-refractivity contribution is 9.36. The van der Waals surface area contributed by atoms with E-state index in [4.69, 9.17) is 4.74 Å². The van der Waals surface area contributed by atoms with Crippen molar-refractivity contribution in [3.63, 3.8) is 0 Å². The SMILES string of the molecule is COC1C2SSSSSC2C(C(=O)O)C2SSSC12. The average Bonchev–Trinajstić information content (AvgIpc) is 2.73. The van der Waals surface area contributed by atoms with Gasteiger partial charge in [-0.15, -0.1) is 0 Å². The van der Waals surface area contributed by atoms with Gasteiger partial charge in [0.15, 0.2) is 0 Å². The molecule has 0 bridgehead atoms. The fraction of sp³-hybridized carbons (Fsp3) is 0.875. The van der Waals surface area contributed by atoms with Crippen LogP contribution in [0.5, 0.6) is 0 Å². The van der Waals surface area contributed by atoms with Gasteiger partial charge in [-0.25, -0.2) is 0 Å². The van der Waals surface area contributed by atoms with Crippen LogP contribution in [0.1, 0.15) is 0 Å². The molecule has 1 saturated carbocycles. The summed E-state index contributed by atoms with van der Waals surface area (Å²) in [6.07, 6.45) is 0.141. The van der Waals surface area contributed by atoms with Gasteiger partial charge in [0.1, 0.15) is 0 Å². The number of carboxylic acids is 1. The molecule has 6 unspecified atom stereocenters. The maximum Gasteiger partial charge on any atom is 0.308 e. The molecule has 3 nitrogen and oxygen atoms in total. The summed E-state index contributed by atoms with van der Waals surface area (Å²) < 4.78 is 5.75. The highest BCUT2D eigenvalue weighted by Crippen LogP contribution is 2.66. The van der Waals surface area contributed by atoms with E-state index in [0.717, 1.165) is 0 Å². The number of aliphatic carboxylic acids is 1. The molecule has 0 spiro atoms. The monoisotopic (exact) mass is 410 g/mol. The molecule has 3 rings (SSSR count). The van der Waals surface area contributed by atoms with Crippen molar-refractivity contribution in [2.45, 2.75) is 27.1 Å². The highest BCUT2D eigenvalue weighted by Gasteiger charge is 2.57. The minimum atomic E-state index is -0.652. The Labute approximate surface area is 142 Å². The Hall–Kier alpha value is 2.23. The summed E-state index contributed by atoms with van der Waals surface area (Å²) in [7, 11) is 15.7. The molecule has 19 heavy (non-hydrogen) atoms. The Balaban J connectivity index is 1.94. The quantitative estimate of drug-likeness (QED) is 0.651. The van der Waals surface area contributed by atoms with Crippen LogP contribution in [-0.2, 0) is 9.53 Å². The van der Waals surface area contributed by atoms with Gasteiger partial charge in [0, 0.05) is 17.6 Å². The van der Waals surface area contributed by atoms with Crippen molar-refractivity contribution in [1.29, 1.82) is 0 Å². The van der Waals surface area contributed by atoms with E-state index in [1.54, 1.807) is 89.6 Å². The standard InChI is InChI=1S/C8H10O3S8/c1-11-3-6-4(12-16-14-6)2(8(9)10)5-7(3)15-18-19-17-13-5/h2-7H,1H3,(H,9,10). The summed E-state index contributed by atoms with van der Waals surface area (Å²) >= 11 is 0. The Morgan fingerprint density at radius 3 is 2.00 bits per heavy atom. The van der Waals surface area contributed by atoms with Crippen molar-refractivity contribution in [2.24, 2.45) is 5.92 Å². The van der Waals surface area contributed by atoms with E-state index in [1.807, 2.05) is 0 Å². The zero-order valence-corrected chi connectivity index (χ0v) is 16.0. The predicted octanol–water partition coefficient (Wildman–Crippen LogP) is 4.57. The van der Waals surface area contributed by atoms with E-state index < -0.39 is 5.97 Å². The Morgan fingerprint density at radius 1 is 0.895 bits per heavy atom. The van der Waals surface area contributed by atoms with Gasteiger partial charge in [0.2, 0.25) is 0 Å². The van der Waals surface area contributed by atoms with E-state index in [-0.39, 0.29) is 33.0 Å². The first-order valence-electron chi connectivity index (χ1n) is 5.30. The number of methoxy groups -OCH3 is 1. The molecule has 3 fully saturated rings. The number of hydrogen-bond acceptors (Lipinski definition) is 10. The number of rotatable bonds is 2. The molecule has 0 amide bonds. The average molecular weight is 411 g/mol. The molecule has 6 atom stereocenters. The lowest BCUT2D eigenvalue weighted by molar-refractivity contribution is -0.142. The summed E-state index contributed by atoms with van der Waals surface area (Å²) in [6, 6.07) is 0. The molecule has 1 N–H and O–H groups in total. The molecule has 0 aromatic rings. The Kier molecular flexibility index (Phi) is 6.10. The fourth-order valence-electron chi connectivity index (χ4n) is 2.40. The van der Waals surface area contributed by atoms with Gasteiger partial charge < -0.3 is 9.84 Å². The highest BCUT2D eigenvalue weighted by atomic mass is 33.8. The van der Waals surface area contributed by atoms with Crippen LogP contribution in [-0.4, -0.2) is 45.3 Å². The summed E-state index contributed by atoms with van der Waals surface area (Å²) in [5.74, 6) is -0.932. The van der Waals surface area contributed by atoms with Crippen molar-refractivity contribution in [2.75, 3.05) is 7.11 Å². The van der Waals surface area contributed by atoms with E-state index in [2.05, 4.69) is 0 Å². The van der Waals surface area contributed by atoms with Crippen LogP contribution in [0.25, 0.3) is 0 Å². The Morgan fingerprint density at radius 2 is 1.42 bits per heavy atom. The molecule has 2 aliphatic heterocycles. The van der Waals surface area contributed by atoms with Crippen molar-refractivity contribution in [3.05, 3.63) is 0 Å². The molecule has 3 aliphatic rings. The van der Waals surface area contributed by atoms with Crippen LogP contribution in [0.15, 0.2) is 0 Å². The maximum absolute atomic E-state index is 11.7. The van der Waals surface area contributed by atoms with Crippen molar-refractivity contribution < 1.29 is 14.6 Å². The van der Waals surface area contributed by atoms with Gasteiger partial charge in [-0.1, -0.05) is 43.2 Å². The van der Waals surface area contributed by atoms with E-state index in [0.29, 0.717) is 0 Å². The Bertz CT molecular complexity index is 357. The topological polar surface area (TPSA) is 46.5 Å². The fourth-order valence-corrected chi connectivity index (χ4v) is 20.2. The lowest BCUT2D eigenvalue weighted by Gasteiger charge is -2.43. The molecule has 2 heterocycles. The zero-order valence-electron chi connectivity index (χ0n) is 9.49. The minimum Gasteiger partial charge on any atom is -0.481 e. The molecular formula is C8H10O3S8. The van der Waals surface area contributed by atoms with Crippen LogP contribution < -0.4 is 0 Å². The van der Waals surface area contributed by atoms with E-state index >= 15 is 0 Å². The molecule has 11 heteroatoms. The second-order valence-electron chi connectivity index (χ2n) is 4.08. The van der Waals surface area contributed by atoms with E-state index in [1.165, 1.54) is 0 Å². The summed E-state index contributed by atoms with van der Waals surface area (Å²) in [5, 5.41) is 10.5. The summed E-state index contributed by atoms with van der Waals surface area (Å²) in [6.45, 7) is 0. The number of ether oxygens (including phenoxy) is 1. The van der Waals surface area contributed by atoms with Gasteiger partial charge in [-0.2, -0.15) is 0 Å². The minimum absolute atomic E-state index is 0.119. The first-order valence-corrected chi connectivity index (χ1v) is 15.2. The second-order valence-corrected chi connectivity index (χ2v) is 16.4. The van der Waals surface area contributed by atoms with Gasteiger partial charge in [0.05, 0.1) is 22.5 Å². The summed E-state index contributed by atoms with van der Waals surface area (Å²) in [5.41, 5.74) is 0. The smallest absolute Gasteiger partial charge is 0.308 e. The van der Waals surface area contributed by atoms with Crippen LogP contribution in [0.4, 0.5) is 0 Å². The normalized spacial score (nSPS) is 46.2. The first-order chi connectivity index (χ1) is 9.24. The zero-order chi connectivity index (χ0) is 13.4. The van der Waals surface area contributed by atoms with Gasteiger partial charge in [-0.3, -0.25) is 4.79 Å². The van der Waals surface area contributed by atoms with Crippen molar-refractivity contribution in [3.8, 4) is 0 Å². The number of carbonyl (C=O) groups is 1. The van der Waals surface area contributed by atoms with Crippen molar-refractivity contribution in [1.82, 2.24) is 0 Å². The molecule has 0 aromatic heterocycles. The second kappa shape index (κ2) is 7.20. The third-order valence-electron chi connectivity index (χ3n) is 3.22. The van der Waals surface area contributed by atoms with Crippen LogP contribution >= 0.6 is 82.5 Å². The third kappa shape index (κ3) is 3.15. The third-order valence-corrected chi connectivity index (χ3v) is 17.9. The first kappa shape index (κ1) is 16.1. The van der Waals surface area contributed by atoms with Gasteiger partial charge in [0.25, 0.3) is 0 Å². The largest absolute Gasteiger partial charge is 0.481 e. The van der Waals surface area contributed by atoms with Crippen LogP contribution in [0.3, 0.4) is 0 Å². The summed E-state index contributed by atoms with van der Waals surface area (Å²) in [4.78, 5) is 11.7. The molecular weight excluding hydrogens is 401 g/mol. The van der Waals surface area contributed by atoms with Crippen LogP contribution in [0, 0.1) is 5.92 Å². The number of carboxylic acid groups (broad SMARTS) is 1. The van der Waals surface area contributed by atoms with E-state index in [9.17, 15) is 9.90 Å². The van der Waals surface area contributed by atoms with Crippen molar-refractivity contribution >= 4 is 88.4 Å². The van der Waals surface area contributed by atoms with Gasteiger partial charge in [-0.05, 0) is 39.3 Å². The maximum atomic E-state index is 11.7. The van der Waals surface area contributed by atoms with Gasteiger partial charge >= 0.3 is 5.97 Å². The lowest BCUT2D eigenvalue weighted by atomic mass is 9.85. The molecule has 1 aliphatic carbocycles. The predicted molar refractivity (Wildman–Crippen MR) is 97.8 cm³/mol. The molecule has 0 aromatic carbocycles.